The van der Waals surface area contributed by atoms with Gasteiger partial charge in [0.15, 0.2) is 0 Å². The van der Waals surface area contributed by atoms with Gasteiger partial charge in [0.2, 0.25) is 0 Å². The van der Waals surface area contributed by atoms with E-state index in [1.165, 1.54) is 40.9 Å². The Labute approximate surface area is 143 Å². The fourth-order valence-electron chi connectivity index (χ4n) is 4.67. The van der Waals surface area contributed by atoms with Crippen LogP contribution in [-0.2, 0) is 32.5 Å². The number of pyridine rings is 1. The Kier molecular flexibility index (Phi) is 2.82. The van der Waals surface area contributed by atoms with Gasteiger partial charge in [-0.3, -0.25) is 0 Å². The summed E-state index contributed by atoms with van der Waals surface area (Å²) in [5, 5.41) is 3.44. The van der Waals surface area contributed by atoms with Gasteiger partial charge in [-0.15, -0.1) is 0 Å². The standard InChI is InChI=1S/C20H24N4/c1-13-17-8-15-9-20(2,3)10-18(15)24(17)7-6-23(13)19-16-12-21-11-14(16)4-5-22-19/h4-5,8,21H,1,6-7,9-12H2,2-3H3. The Hall–Kier alpha value is -2.07. The van der Waals surface area contributed by atoms with Crippen molar-refractivity contribution >= 4 is 11.5 Å². The van der Waals surface area contributed by atoms with Crippen LogP contribution in [0.3, 0.4) is 0 Å². The maximum atomic E-state index is 4.70. The van der Waals surface area contributed by atoms with Crippen LogP contribution in [0.2, 0.25) is 0 Å². The molecule has 0 spiro atoms. The normalized spacial score (nSPS) is 20.9. The number of nitrogens with zero attached hydrogens (tertiary/aromatic N) is 3. The van der Waals surface area contributed by atoms with Gasteiger partial charge in [0, 0.05) is 43.6 Å². The van der Waals surface area contributed by atoms with Crippen LogP contribution in [0.4, 0.5) is 5.82 Å². The summed E-state index contributed by atoms with van der Waals surface area (Å²) in [5.41, 5.74) is 8.55. The quantitative estimate of drug-likeness (QED) is 0.876. The maximum Gasteiger partial charge on any atom is 0.137 e. The number of aromatic nitrogens is 2. The summed E-state index contributed by atoms with van der Waals surface area (Å²) >= 11 is 0. The van der Waals surface area contributed by atoms with E-state index >= 15 is 0 Å². The zero-order valence-electron chi connectivity index (χ0n) is 14.5. The number of hydrogen-bond donors (Lipinski definition) is 1. The Morgan fingerprint density at radius 2 is 2.04 bits per heavy atom. The van der Waals surface area contributed by atoms with Crippen LogP contribution >= 0.6 is 0 Å². The Morgan fingerprint density at radius 1 is 1.17 bits per heavy atom. The Bertz CT molecular complexity index is 859. The van der Waals surface area contributed by atoms with Crippen LogP contribution in [0.25, 0.3) is 5.70 Å². The molecule has 0 aromatic carbocycles. The molecule has 2 aromatic heterocycles. The number of rotatable bonds is 1. The molecule has 1 N–H and O–H groups in total. The van der Waals surface area contributed by atoms with Gasteiger partial charge in [-0.25, -0.2) is 4.98 Å². The number of fused-ring (bicyclic) bond motifs is 4. The molecule has 4 heteroatoms. The first-order valence-corrected chi connectivity index (χ1v) is 8.89. The van der Waals surface area contributed by atoms with E-state index in [-0.39, 0.29) is 0 Å². The fraction of sp³-hybridized carbons (Fsp3) is 0.450. The average Bonchev–Trinajstić information content (AvgIpc) is 3.20. The van der Waals surface area contributed by atoms with Gasteiger partial charge in [-0.1, -0.05) is 20.4 Å². The van der Waals surface area contributed by atoms with Gasteiger partial charge in [-0.05, 0) is 41.5 Å². The molecule has 0 radical (unpaired) electrons. The molecule has 0 atom stereocenters. The second-order valence-electron chi connectivity index (χ2n) is 8.15. The minimum absolute atomic E-state index is 0.401. The highest BCUT2D eigenvalue weighted by molar-refractivity contribution is 5.79. The van der Waals surface area contributed by atoms with Crippen LogP contribution in [0.5, 0.6) is 0 Å². The number of hydrogen-bond acceptors (Lipinski definition) is 3. The van der Waals surface area contributed by atoms with E-state index in [0.717, 1.165) is 37.7 Å². The second-order valence-corrected chi connectivity index (χ2v) is 8.15. The summed E-state index contributed by atoms with van der Waals surface area (Å²) in [6.07, 6.45) is 4.29. The SMILES string of the molecule is C=C1c2cc3c(n2CCN1c1nccc2c1CNC2)CC(C)(C)C3. The molecule has 2 aliphatic heterocycles. The molecule has 3 aliphatic rings. The Balaban J connectivity index is 1.54. The number of nitrogens with one attached hydrogen (secondary N) is 1. The number of anilines is 1. The van der Waals surface area contributed by atoms with Crippen LogP contribution in [0, 0.1) is 5.41 Å². The summed E-state index contributed by atoms with van der Waals surface area (Å²) < 4.78 is 2.50. The fourth-order valence-corrected chi connectivity index (χ4v) is 4.67. The largest absolute Gasteiger partial charge is 0.341 e. The van der Waals surface area contributed by atoms with Gasteiger partial charge in [-0.2, -0.15) is 0 Å². The summed E-state index contributed by atoms with van der Waals surface area (Å²) in [4.78, 5) is 7.02. The summed E-state index contributed by atoms with van der Waals surface area (Å²) in [7, 11) is 0. The lowest BCUT2D eigenvalue weighted by Crippen LogP contribution is -2.34. The van der Waals surface area contributed by atoms with Crippen molar-refractivity contribution in [3.63, 3.8) is 0 Å². The molecule has 4 heterocycles. The molecule has 0 saturated carbocycles. The molecule has 2 aromatic rings. The second kappa shape index (κ2) is 4.73. The summed E-state index contributed by atoms with van der Waals surface area (Å²) in [5.74, 6) is 1.09. The topological polar surface area (TPSA) is 33.1 Å². The van der Waals surface area contributed by atoms with Crippen molar-refractivity contribution < 1.29 is 0 Å². The van der Waals surface area contributed by atoms with E-state index in [0.29, 0.717) is 5.41 Å². The van der Waals surface area contributed by atoms with Crippen LogP contribution < -0.4 is 10.2 Å². The third-order valence-corrected chi connectivity index (χ3v) is 5.78. The molecule has 0 unspecified atom stereocenters. The first kappa shape index (κ1) is 14.3. The lowest BCUT2D eigenvalue weighted by Gasteiger charge is -2.33. The molecule has 0 bridgehead atoms. The third kappa shape index (κ3) is 1.92. The molecule has 0 saturated heterocycles. The van der Waals surface area contributed by atoms with Crippen molar-refractivity contribution in [3.8, 4) is 0 Å². The highest BCUT2D eigenvalue weighted by Gasteiger charge is 2.35. The minimum Gasteiger partial charge on any atom is -0.341 e. The molecule has 0 amide bonds. The molecule has 24 heavy (non-hydrogen) atoms. The van der Waals surface area contributed by atoms with Crippen molar-refractivity contribution in [1.29, 1.82) is 0 Å². The first-order chi connectivity index (χ1) is 11.5. The maximum absolute atomic E-state index is 4.70. The van der Waals surface area contributed by atoms with Crippen molar-refractivity contribution in [2.24, 2.45) is 5.41 Å². The smallest absolute Gasteiger partial charge is 0.137 e. The zero-order chi connectivity index (χ0) is 16.5. The molecule has 0 fully saturated rings. The van der Waals surface area contributed by atoms with E-state index < -0.39 is 0 Å². The van der Waals surface area contributed by atoms with Gasteiger partial charge in [0.1, 0.15) is 5.82 Å². The van der Waals surface area contributed by atoms with Gasteiger partial charge >= 0.3 is 0 Å². The van der Waals surface area contributed by atoms with Crippen molar-refractivity contribution in [3.05, 3.63) is 53.0 Å². The van der Waals surface area contributed by atoms with E-state index in [1.54, 1.807) is 0 Å². The van der Waals surface area contributed by atoms with E-state index in [4.69, 9.17) is 4.98 Å². The monoisotopic (exact) mass is 320 g/mol. The van der Waals surface area contributed by atoms with E-state index in [2.05, 4.69) is 47.3 Å². The predicted molar refractivity (Wildman–Crippen MR) is 96.8 cm³/mol. The predicted octanol–water partition coefficient (Wildman–Crippen LogP) is 3.10. The van der Waals surface area contributed by atoms with Gasteiger partial charge in [0.05, 0.1) is 11.4 Å². The first-order valence-electron chi connectivity index (χ1n) is 8.89. The summed E-state index contributed by atoms with van der Waals surface area (Å²) in [6, 6.07) is 4.50. The lowest BCUT2D eigenvalue weighted by atomic mass is 9.90. The van der Waals surface area contributed by atoms with Crippen LogP contribution in [0.1, 0.15) is 41.9 Å². The van der Waals surface area contributed by atoms with E-state index in [1.807, 2.05) is 6.20 Å². The third-order valence-electron chi connectivity index (χ3n) is 5.78. The van der Waals surface area contributed by atoms with Gasteiger partial charge in [0.25, 0.3) is 0 Å². The molecule has 1 aliphatic carbocycles. The lowest BCUT2D eigenvalue weighted by molar-refractivity contribution is 0.384. The van der Waals surface area contributed by atoms with Crippen molar-refractivity contribution in [1.82, 2.24) is 14.9 Å². The molecular formula is C20H24N4. The summed E-state index contributed by atoms with van der Waals surface area (Å²) in [6.45, 7) is 13.0. The molecular weight excluding hydrogens is 296 g/mol. The molecule has 124 valence electrons. The van der Waals surface area contributed by atoms with E-state index in [9.17, 15) is 0 Å². The van der Waals surface area contributed by atoms with Crippen molar-refractivity contribution in [2.45, 2.75) is 46.3 Å². The molecule has 4 nitrogen and oxygen atoms in total. The highest BCUT2D eigenvalue weighted by atomic mass is 15.3. The van der Waals surface area contributed by atoms with Crippen LogP contribution in [0.15, 0.2) is 24.9 Å². The van der Waals surface area contributed by atoms with Gasteiger partial charge < -0.3 is 14.8 Å². The highest BCUT2D eigenvalue weighted by Crippen LogP contribution is 2.42. The van der Waals surface area contributed by atoms with Crippen LogP contribution in [-0.4, -0.2) is 16.1 Å². The zero-order valence-corrected chi connectivity index (χ0v) is 14.5. The van der Waals surface area contributed by atoms with Crippen molar-refractivity contribution in [2.75, 3.05) is 11.4 Å². The average molecular weight is 320 g/mol. The molecule has 5 rings (SSSR count). The Morgan fingerprint density at radius 3 is 2.92 bits per heavy atom. The minimum atomic E-state index is 0.401.